The van der Waals surface area contributed by atoms with Crippen molar-refractivity contribution in [2.45, 2.75) is 149 Å². The van der Waals surface area contributed by atoms with Crippen LogP contribution in [-0.4, -0.2) is 134 Å². The summed E-state index contributed by atoms with van der Waals surface area (Å²) >= 11 is 0. The Hall–Kier alpha value is -7.50. The lowest BCUT2D eigenvalue weighted by molar-refractivity contribution is -0.175. The molecule has 3 aromatic heterocycles. The second kappa shape index (κ2) is 28.2. The molecule has 0 bridgehead atoms. The number of hydrogen-bond donors (Lipinski definition) is 3. The minimum Gasteiger partial charge on any atom is -0.508 e. The summed E-state index contributed by atoms with van der Waals surface area (Å²) in [6.07, 6.45) is 9.46. The van der Waals surface area contributed by atoms with Gasteiger partial charge in [-0.3, -0.25) is 38.5 Å². The van der Waals surface area contributed by atoms with Gasteiger partial charge >= 0.3 is 12.1 Å². The van der Waals surface area contributed by atoms with Crippen LogP contribution in [0, 0.1) is 23.7 Å². The van der Waals surface area contributed by atoms with Gasteiger partial charge in [0.25, 0.3) is 17.4 Å². The van der Waals surface area contributed by atoms with Crippen LogP contribution in [0.25, 0.3) is 22.3 Å². The molecule has 23 heteroatoms. The van der Waals surface area contributed by atoms with Gasteiger partial charge in [-0.1, -0.05) is 39.3 Å². The largest absolute Gasteiger partial charge is 0.509 e. The minimum atomic E-state index is -2.05. The Balaban J connectivity index is 0.745. The molecule has 4 aliphatic rings. The first kappa shape index (κ1) is 61.6. The normalized spacial score (nSPS) is 18.9. The van der Waals surface area contributed by atoms with E-state index in [4.69, 9.17) is 34.4 Å². The number of Topliss-reactive ketones (excluding diaryl/α,β-unsaturated/α-hetero) is 3. The first-order valence-electron chi connectivity index (χ1n) is 29.0. The number of ketones is 3. The number of phenolic OH excluding ortho intramolecular Hbond substituents is 1. The number of imide groups is 1. The third kappa shape index (κ3) is 14.8. The predicted octanol–water partition coefficient (Wildman–Crippen LogP) is 5.26. The molecule has 1 saturated carbocycles. The molecular weight excluding hydrogens is 1070 g/mol. The van der Waals surface area contributed by atoms with Gasteiger partial charge in [0.15, 0.2) is 11.6 Å². The van der Waals surface area contributed by atoms with E-state index in [1.165, 1.54) is 23.1 Å². The van der Waals surface area contributed by atoms with E-state index in [1.807, 2.05) is 20.8 Å². The second-order valence-corrected chi connectivity index (χ2v) is 22.3. The van der Waals surface area contributed by atoms with Crippen molar-refractivity contribution >= 4 is 58.1 Å². The highest BCUT2D eigenvalue weighted by molar-refractivity contribution is 6.12. The summed E-state index contributed by atoms with van der Waals surface area (Å²) in [5.74, 6) is -3.09. The fraction of sp³-hybridized carbons (Fsp3) is 0.567. The number of phenols is 1. The molecule has 1 fully saturated rings. The highest BCUT2D eigenvalue weighted by Crippen LogP contribution is 2.43. The standard InChI is InChI=1S/C60H76N8O15/c1-5-44-45-27-41(69)17-18-49(45)62-55-46(44)31-67-51(55)28-48-47(57(67)76)34-81-58(77)60(48,6-2)83-59(78)82-35-50(36(3)4)63-56(75)39(10-7-8-22-61)26-43(71)33-80-32-42(70)11-9-24-79-25-23-66-30-40(64-65-66)16-19-52(72)38-14-12-37(13-15-38)29-68-53(73)20-21-54(68)74/h17-18,20-21,27-28,30,36-39,50,69H,5-16,19,22-26,29,31-35,61H2,1-4H3,(H,63,75). The van der Waals surface area contributed by atoms with Crippen LogP contribution in [0.5, 0.6) is 5.75 Å². The fourth-order valence-corrected chi connectivity index (χ4v) is 11.5. The molecule has 0 radical (unpaired) electrons. The van der Waals surface area contributed by atoms with Gasteiger partial charge < -0.3 is 44.4 Å². The highest BCUT2D eigenvalue weighted by atomic mass is 16.7. The molecule has 23 nitrogen and oxygen atoms in total. The summed E-state index contributed by atoms with van der Waals surface area (Å²) in [5.41, 5.74) is 7.62. The number of esters is 1. The van der Waals surface area contributed by atoms with Crippen LogP contribution in [0.2, 0.25) is 0 Å². The van der Waals surface area contributed by atoms with E-state index in [0.29, 0.717) is 100 Å². The summed E-state index contributed by atoms with van der Waals surface area (Å²) in [6.45, 7) is 7.92. The number of hydrogen-bond acceptors (Lipinski definition) is 19. The van der Waals surface area contributed by atoms with Gasteiger partial charge in [0.2, 0.25) is 11.5 Å². The van der Waals surface area contributed by atoms with E-state index in [0.717, 1.165) is 42.2 Å². The van der Waals surface area contributed by atoms with Gasteiger partial charge in [-0.2, -0.15) is 0 Å². The lowest BCUT2D eigenvalue weighted by atomic mass is 9.79. The number of carbonyl (C=O) groups excluding carboxylic acids is 8. The third-order valence-corrected chi connectivity index (χ3v) is 16.3. The number of benzene rings is 1. The molecule has 4 aromatic rings. The van der Waals surface area contributed by atoms with E-state index in [-0.39, 0.29) is 116 Å². The Bertz CT molecular complexity index is 3160. The predicted molar refractivity (Wildman–Crippen MR) is 299 cm³/mol. The molecule has 3 aliphatic heterocycles. The number of aromatic hydroxyl groups is 1. The van der Waals surface area contributed by atoms with Crippen LogP contribution >= 0.6 is 0 Å². The van der Waals surface area contributed by atoms with Crippen molar-refractivity contribution in [1.82, 2.24) is 34.8 Å². The Morgan fingerprint density at radius 2 is 1.67 bits per heavy atom. The van der Waals surface area contributed by atoms with Gasteiger partial charge in [-0.15, -0.1) is 5.10 Å². The first-order valence-corrected chi connectivity index (χ1v) is 29.0. The quantitative estimate of drug-likeness (QED) is 0.0289. The van der Waals surface area contributed by atoms with E-state index in [2.05, 4.69) is 15.6 Å². The zero-order valence-electron chi connectivity index (χ0n) is 47.8. The number of amides is 3. The fourth-order valence-electron chi connectivity index (χ4n) is 11.5. The van der Waals surface area contributed by atoms with Crippen molar-refractivity contribution in [3.8, 4) is 17.1 Å². The van der Waals surface area contributed by atoms with Crippen molar-refractivity contribution < 1.29 is 67.1 Å². The number of nitrogens with zero attached hydrogens (tertiary/aromatic N) is 6. The molecule has 6 heterocycles. The molecular formula is C60H76N8O15. The number of unbranched alkanes of at least 4 members (excludes halogenated alkanes) is 1. The molecule has 0 spiro atoms. The SMILES string of the molecule is CCc1c2c(nc3ccc(O)cc13)-c1cc3c(c(=O)n1C2)COC(=O)C3(CC)OC(=O)OCC(NC(=O)C(CCCCN)CC(=O)COCC(=O)CCCOCCn1cc(CCC(=O)C2CCC(CN3C(=O)C=CC3=O)CC2)nn1)C(C)C. The van der Waals surface area contributed by atoms with E-state index >= 15 is 0 Å². The zero-order chi connectivity index (χ0) is 59.4. The van der Waals surface area contributed by atoms with Crippen LogP contribution in [0.15, 0.2) is 47.4 Å². The average Bonchev–Trinajstić information content (AvgIpc) is 2.67. The van der Waals surface area contributed by atoms with Crippen LogP contribution < -0.4 is 16.6 Å². The molecule has 8 rings (SSSR count). The zero-order valence-corrected chi connectivity index (χ0v) is 47.8. The van der Waals surface area contributed by atoms with Gasteiger partial charge in [-0.05, 0) is 106 Å². The monoisotopic (exact) mass is 1150 g/mol. The number of aryl methyl sites for hydroxylation is 2. The van der Waals surface area contributed by atoms with Crippen molar-refractivity contribution in [3.63, 3.8) is 0 Å². The maximum atomic E-state index is 14.2. The molecule has 4 N–H and O–H groups in total. The Morgan fingerprint density at radius 3 is 2.40 bits per heavy atom. The lowest BCUT2D eigenvalue weighted by Gasteiger charge is -2.35. The minimum absolute atomic E-state index is 0.0401. The molecule has 0 saturated heterocycles. The number of pyridine rings is 2. The topological polar surface area (TPSA) is 310 Å². The van der Waals surface area contributed by atoms with Crippen molar-refractivity contribution in [3.05, 3.63) is 80.9 Å². The average molecular weight is 1150 g/mol. The maximum absolute atomic E-state index is 14.2. The lowest BCUT2D eigenvalue weighted by Crippen LogP contribution is -2.48. The van der Waals surface area contributed by atoms with Crippen molar-refractivity contribution in [1.29, 1.82) is 0 Å². The summed E-state index contributed by atoms with van der Waals surface area (Å²) < 4.78 is 31.4. The third-order valence-electron chi connectivity index (χ3n) is 16.3. The number of cyclic esters (lactones) is 1. The van der Waals surface area contributed by atoms with Crippen LogP contribution in [0.3, 0.4) is 0 Å². The van der Waals surface area contributed by atoms with E-state index in [9.17, 15) is 48.3 Å². The molecule has 446 valence electrons. The number of carbonyl (C=O) groups is 8. The molecule has 3 amide bonds. The van der Waals surface area contributed by atoms with Crippen LogP contribution in [-0.2, 0) is 95.4 Å². The van der Waals surface area contributed by atoms with E-state index < -0.39 is 41.2 Å². The summed E-state index contributed by atoms with van der Waals surface area (Å²) in [4.78, 5) is 124. The molecule has 1 aliphatic carbocycles. The highest BCUT2D eigenvalue weighted by Gasteiger charge is 2.51. The van der Waals surface area contributed by atoms with Crippen LogP contribution in [0.1, 0.15) is 133 Å². The Labute approximate surface area is 480 Å². The van der Waals surface area contributed by atoms with E-state index in [1.54, 1.807) is 40.6 Å². The second-order valence-electron chi connectivity index (χ2n) is 22.3. The Kier molecular flexibility index (Phi) is 20.9. The van der Waals surface area contributed by atoms with Gasteiger partial charge in [-0.25, -0.2) is 19.3 Å². The number of ether oxygens (including phenoxy) is 5. The number of nitrogens with one attached hydrogen (secondary N) is 1. The smallest absolute Gasteiger partial charge is 0.508 e. The van der Waals surface area contributed by atoms with Crippen molar-refractivity contribution in [2.24, 2.45) is 29.4 Å². The maximum Gasteiger partial charge on any atom is 0.509 e. The molecule has 83 heavy (non-hydrogen) atoms. The number of nitrogens with two attached hydrogens (primary N) is 1. The molecule has 3 unspecified atom stereocenters. The van der Waals surface area contributed by atoms with Gasteiger partial charge in [0.1, 0.15) is 38.0 Å². The summed E-state index contributed by atoms with van der Waals surface area (Å²) in [5, 5.41) is 22.3. The molecule has 1 aromatic carbocycles. The van der Waals surface area contributed by atoms with Gasteiger partial charge in [0, 0.05) is 85.5 Å². The Morgan fingerprint density at radius 1 is 0.916 bits per heavy atom. The van der Waals surface area contributed by atoms with Crippen LogP contribution in [0.4, 0.5) is 4.79 Å². The van der Waals surface area contributed by atoms with Gasteiger partial charge in [0.05, 0.1) is 53.9 Å². The number of aromatic nitrogens is 5. The first-order chi connectivity index (χ1) is 39.9. The number of rotatable bonds is 31. The number of fused-ring (bicyclic) bond motifs is 5. The van der Waals surface area contributed by atoms with Crippen molar-refractivity contribution in [2.75, 3.05) is 46.1 Å². The molecule has 3 atom stereocenters. The summed E-state index contributed by atoms with van der Waals surface area (Å²) in [6, 6.07) is 5.79. The summed E-state index contributed by atoms with van der Waals surface area (Å²) in [7, 11) is 0.